The van der Waals surface area contributed by atoms with Crippen molar-refractivity contribution in [3.05, 3.63) is 48.3 Å². The molecule has 1 aliphatic rings. The van der Waals surface area contributed by atoms with Gasteiger partial charge in [-0.05, 0) is 37.0 Å². The van der Waals surface area contributed by atoms with Crippen LogP contribution in [0.25, 0.3) is 0 Å². The van der Waals surface area contributed by atoms with Crippen LogP contribution in [0.1, 0.15) is 32.1 Å². The van der Waals surface area contributed by atoms with Gasteiger partial charge in [-0.3, -0.25) is 4.98 Å². The van der Waals surface area contributed by atoms with Crippen molar-refractivity contribution in [3.8, 4) is 0 Å². The Morgan fingerprint density at radius 2 is 1.57 bits per heavy atom. The zero-order chi connectivity index (χ0) is 16.1. The SMILES string of the molecule is Fc1cc(F)cc(Nc2cncc(NCC3CCCCC3)c2)c1. The Labute approximate surface area is 135 Å². The summed E-state index contributed by atoms with van der Waals surface area (Å²) in [4.78, 5) is 4.18. The van der Waals surface area contributed by atoms with Crippen LogP contribution >= 0.6 is 0 Å². The number of anilines is 3. The lowest BCUT2D eigenvalue weighted by Gasteiger charge is -2.22. The molecule has 3 rings (SSSR count). The zero-order valence-electron chi connectivity index (χ0n) is 13.0. The van der Waals surface area contributed by atoms with Crippen LogP contribution in [-0.2, 0) is 0 Å². The topological polar surface area (TPSA) is 37.0 Å². The van der Waals surface area contributed by atoms with E-state index in [1.807, 2.05) is 6.07 Å². The number of hydrogen-bond acceptors (Lipinski definition) is 3. The van der Waals surface area contributed by atoms with Gasteiger partial charge in [0.1, 0.15) is 11.6 Å². The molecule has 0 radical (unpaired) electrons. The Morgan fingerprint density at radius 3 is 2.30 bits per heavy atom. The molecular formula is C18H21F2N3. The highest BCUT2D eigenvalue weighted by Crippen LogP contribution is 2.25. The molecule has 1 aliphatic carbocycles. The average Bonchev–Trinajstić information content (AvgIpc) is 2.53. The largest absolute Gasteiger partial charge is 0.383 e. The van der Waals surface area contributed by atoms with E-state index in [1.165, 1.54) is 44.2 Å². The van der Waals surface area contributed by atoms with Gasteiger partial charge in [0.05, 0.1) is 23.8 Å². The van der Waals surface area contributed by atoms with Gasteiger partial charge < -0.3 is 10.6 Å². The minimum Gasteiger partial charge on any atom is -0.383 e. The minimum absolute atomic E-state index is 0.369. The van der Waals surface area contributed by atoms with Crippen LogP contribution in [0.5, 0.6) is 0 Å². The third-order valence-electron chi connectivity index (χ3n) is 4.21. The summed E-state index contributed by atoms with van der Waals surface area (Å²) >= 11 is 0. The molecule has 23 heavy (non-hydrogen) atoms. The maximum absolute atomic E-state index is 13.2. The van der Waals surface area contributed by atoms with E-state index < -0.39 is 11.6 Å². The first-order chi connectivity index (χ1) is 11.2. The summed E-state index contributed by atoms with van der Waals surface area (Å²) < 4.78 is 26.5. The van der Waals surface area contributed by atoms with Crippen molar-refractivity contribution in [2.45, 2.75) is 32.1 Å². The second-order valence-electron chi connectivity index (χ2n) is 6.13. The number of benzene rings is 1. The van der Waals surface area contributed by atoms with E-state index in [9.17, 15) is 8.78 Å². The van der Waals surface area contributed by atoms with E-state index in [2.05, 4.69) is 15.6 Å². The fraction of sp³-hybridized carbons (Fsp3) is 0.389. The van der Waals surface area contributed by atoms with E-state index in [0.717, 1.165) is 24.2 Å². The van der Waals surface area contributed by atoms with Crippen molar-refractivity contribution in [1.29, 1.82) is 0 Å². The van der Waals surface area contributed by atoms with Gasteiger partial charge in [0, 0.05) is 18.3 Å². The van der Waals surface area contributed by atoms with E-state index in [-0.39, 0.29) is 0 Å². The molecule has 1 aromatic heterocycles. The number of pyridine rings is 1. The third kappa shape index (κ3) is 4.65. The molecule has 5 heteroatoms. The predicted molar refractivity (Wildman–Crippen MR) is 88.9 cm³/mol. The van der Waals surface area contributed by atoms with Crippen LogP contribution in [0.2, 0.25) is 0 Å². The van der Waals surface area contributed by atoms with Gasteiger partial charge >= 0.3 is 0 Å². The molecule has 0 atom stereocenters. The molecular weight excluding hydrogens is 296 g/mol. The van der Waals surface area contributed by atoms with Crippen LogP contribution < -0.4 is 10.6 Å². The van der Waals surface area contributed by atoms with Crippen LogP contribution in [0, 0.1) is 17.6 Å². The summed E-state index contributed by atoms with van der Waals surface area (Å²) in [7, 11) is 0. The third-order valence-corrected chi connectivity index (χ3v) is 4.21. The predicted octanol–water partition coefficient (Wildman–Crippen LogP) is 5.10. The first-order valence-corrected chi connectivity index (χ1v) is 8.11. The van der Waals surface area contributed by atoms with Gasteiger partial charge in [0.2, 0.25) is 0 Å². The number of rotatable bonds is 5. The summed E-state index contributed by atoms with van der Waals surface area (Å²) in [5.41, 5.74) is 1.98. The maximum atomic E-state index is 13.2. The fourth-order valence-electron chi connectivity index (χ4n) is 3.05. The lowest BCUT2D eigenvalue weighted by atomic mass is 9.89. The standard InChI is InChI=1S/C18H21F2N3/c19-14-6-15(20)8-16(7-14)23-18-9-17(11-21-12-18)22-10-13-4-2-1-3-5-13/h6-9,11-13,22-23H,1-5,10H2. The summed E-state index contributed by atoms with van der Waals surface area (Å²) in [5.74, 6) is -0.489. The van der Waals surface area contributed by atoms with Crippen LogP contribution in [0.3, 0.4) is 0 Å². The molecule has 1 saturated carbocycles. The second kappa shape index (κ2) is 7.40. The molecule has 1 aromatic carbocycles. The number of nitrogens with zero attached hydrogens (tertiary/aromatic N) is 1. The Morgan fingerprint density at radius 1 is 0.870 bits per heavy atom. The zero-order valence-corrected chi connectivity index (χ0v) is 13.0. The molecule has 1 fully saturated rings. The summed E-state index contributed by atoms with van der Waals surface area (Å²) in [5, 5.41) is 6.39. The Kier molecular flexibility index (Phi) is 5.05. The fourth-order valence-corrected chi connectivity index (χ4v) is 3.05. The summed E-state index contributed by atoms with van der Waals surface area (Å²) in [6, 6.07) is 5.26. The maximum Gasteiger partial charge on any atom is 0.128 e. The average molecular weight is 317 g/mol. The molecule has 1 heterocycles. The van der Waals surface area contributed by atoms with Crippen molar-refractivity contribution in [3.63, 3.8) is 0 Å². The highest BCUT2D eigenvalue weighted by molar-refractivity contribution is 5.63. The molecule has 0 unspecified atom stereocenters. The van der Waals surface area contributed by atoms with E-state index >= 15 is 0 Å². The van der Waals surface area contributed by atoms with Crippen LogP contribution in [0.4, 0.5) is 25.8 Å². The molecule has 0 bridgehead atoms. The van der Waals surface area contributed by atoms with E-state index in [4.69, 9.17) is 0 Å². The summed E-state index contributed by atoms with van der Waals surface area (Å²) in [6.45, 7) is 0.944. The number of hydrogen-bond donors (Lipinski definition) is 2. The van der Waals surface area contributed by atoms with Crippen molar-refractivity contribution < 1.29 is 8.78 Å². The minimum atomic E-state index is -0.605. The molecule has 0 amide bonds. The van der Waals surface area contributed by atoms with Gasteiger partial charge in [-0.1, -0.05) is 19.3 Å². The van der Waals surface area contributed by atoms with Gasteiger partial charge in [-0.15, -0.1) is 0 Å². The van der Waals surface area contributed by atoms with Crippen molar-refractivity contribution >= 4 is 17.1 Å². The lowest BCUT2D eigenvalue weighted by molar-refractivity contribution is 0.373. The second-order valence-corrected chi connectivity index (χ2v) is 6.13. The highest BCUT2D eigenvalue weighted by Gasteiger charge is 2.13. The Bertz CT molecular complexity index is 634. The van der Waals surface area contributed by atoms with Gasteiger partial charge in [-0.2, -0.15) is 0 Å². The van der Waals surface area contributed by atoms with Crippen LogP contribution in [0.15, 0.2) is 36.7 Å². The Balaban J connectivity index is 1.62. The highest BCUT2D eigenvalue weighted by atomic mass is 19.1. The van der Waals surface area contributed by atoms with Gasteiger partial charge in [-0.25, -0.2) is 8.78 Å². The molecule has 0 aliphatic heterocycles. The molecule has 2 aromatic rings. The number of halogens is 2. The first kappa shape index (κ1) is 15.7. The van der Waals surface area contributed by atoms with Crippen molar-refractivity contribution in [2.75, 3.05) is 17.2 Å². The van der Waals surface area contributed by atoms with E-state index in [1.54, 1.807) is 12.4 Å². The molecule has 3 nitrogen and oxygen atoms in total. The normalized spacial score (nSPS) is 15.4. The molecule has 122 valence electrons. The lowest BCUT2D eigenvalue weighted by Crippen LogP contribution is -2.17. The Hall–Kier alpha value is -2.17. The number of aromatic nitrogens is 1. The van der Waals surface area contributed by atoms with Crippen molar-refractivity contribution in [2.24, 2.45) is 5.92 Å². The molecule has 0 saturated heterocycles. The molecule has 2 N–H and O–H groups in total. The van der Waals surface area contributed by atoms with Gasteiger partial charge in [0.15, 0.2) is 0 Å². The van der Waals surface area contributed by atoms with Crippen LogP contribution in [-0.4, -0.2) is 11.5 Å². The van der Waals surface area contributed by atoms with Crippen molar-refractivity contribution in [1.82, 2.24) is 4.98 Å². The quantitative estimate of drug-likeness (QED) is 0.806. The van der Waals surface area contributed by atoms with E-state index in [0.29, 0.717) is 11.4 Å². The first-order valence-electron chi connectivity index (χ1n) is 8.11. The number of nitrogens with one attached hydrogen (secondary N) is 2. The summed E-state index contributed by atoms with van der Waals surface area (Å²) in [6.07, 6.45) is 9.94. The monoisotopic (exact) mass is 317 g/mol. The smallest absolute Gasteiger partial charge is 0.128 e. The van der Waals surface area contributed by atoms with Gasteiger partial charge in [0.25, 0.3) is 0 Å². The molecule has 0 spiro atoms.